The van der Waals surface area contributed by atoms with E-state index in [1.807, 2.05) is 0 Å². The number of methoxy groups -OCH3 is 2. The zero-order valence-electron chi connectivity index (χ0n) is 14.6. The molecule has 1 aromatic rings. The fourth-order valence-corrected chi connectivity index (χ4v) is 3.41. The second-order valence-electron chi connectivity index (χ2n) is 5.45. The highest BCUT2D eigenvalue weighted by Crippen LogP contribution is 2.40. The van der Waals surface area contributed by atoms with Crippen molar-refractivity contribution >= 4 is 39.2 Å². The number of benzene rings is 1. The van der Waals surface area contributed by atoms with Crippen LogP contribution in [0.2, 0.25) is 0 Å². The first kappa shape index (κ1) is 19.9. The van der Waals surface area contributed by atoms with Gasteiger partial charge in [0.25, 0.3) is 5.69 Å². The van der Waals surface area contributed by atoms with Gasteiger partial charge >= 0.3 is 11.9 Å². The lowest BCUT2D eigenvalue weighted by Crippen LogP contribution is -2.39. The van der Waals surface area contributed by atoms with Gasteiger partial charge < -0.3 is 19.1 Å². The summed E-state index contributed by atoms with van der Waals surface area (Å²) in [6.07, 6.45) is 0. The second kappa shape index (κ2) is 7.83. The first-order valence-electron chi connectivity index (χ1n) is 7.43. The Morgan fingerprint density at radius 2 is 1.85 bits per heavy atom. The number of anilines is 1. The average Bonchev–Trinajstić information content (AvgIpc) is 2.62. The third-order valence-corrected chi connectivity index (χ3v) is 4.70. The van der Waals surface area contributed by atoms with Crippen molar-refractivity contribution in [2.24, 2.45) is 0 Å². The molecule has 0 atom stereocenters. The van der Waals surface area contributed by atoms with Crippen LogP contribution in [-0.2, 0) is 23.8 Å². The SMILES string of the molecule is COC(=O)C1=C(C(=O)OC)N(c2c(Br)cc([N+](=O)[O-])c(C)c2C)COC1. The molecule has 0 saturated carbocycles. The van der Waals surface area contributed by atoms with E-state index >= 15 is 0 Å². The topological polar surface area (TPSA) is 108 Å². The molecule has 1 aliphatic heterocycles. The van der Waals surface area contributed by atoms with Crippen LogP contribution in [0.4, 0.5) is 11.4 Å². The van der Waals surface area contributed by atoms with Crippen molar-refractivity contribution in [2.75, 3.05) is 32.5 Å². The molecule has 0 aliphatic carbocycles. The summed E-state index contributed by atoms with van der Waals surface area (Å²) in [7, 11) is 2.39. The molecule has 10 heteroatoms. The molecule has 9 nitrogen and oxygen atoms in total. The minimum absolute atomic E-state index is 0.00732. The summed E-state index contributed by atoms with van der Waals surface area (Å²) < 4.78 is 15.3. The van der Waals surface area contributed by atoms with E-state index in [0.717, 1.165) is 0 Å². The summed E-state index contributed by atoms with van der Waals surface area (Å²) >= 11 is 3.32. The molecule has 0 amide bonds. The van der Waals surface area contributed by atoms with Gasteiger partial charge in [0.05, 0.1) is 37.0 Å². The monoisotopic (exact) mass is 428 g/mol. The maximum Gasteiger partial charge on any atom is 0.355 e. The van der Waals surface area contributed by atoms with Crippen molar-refractivity contribution in [3.8, 4) is 0 Å². The Morgan fingerprint density at radius 1 is 1.23 bits per heavy atom. The summed E-state index contributed by atoms with van der Waals surface area (Å²) in [6, 6.07) is 1.35. The molecule has 1 aromatic carbocycles. The highest BCUT2D eigenvalue weighted by Gasteiger charge is 2.35. The number of ether oxygens (including phenoxy) is 3. The standard InChI is InChI=1S/C16H17BrN2O7/c1-8-9(2)13(11(17)5-12(8)19(22)23)18-7-26-6-10(15(20)24-3)14(18)16(21)25-4/h5H,6-7H2,1-4H3. The first-order valence-corrected chi connectivity index (χ1v) is 8.23. The van der Waals surface area contributed by atoms with Gasteiger partial charge in [-0.15, -0.1) is 0 Å². The zero-order valence-corrected chi connectivity index (χ0v) is 16.2. The number of nitro benzene ring substituents is 1. The van der Waals surface area contributed by atoms with Crippen molar-refractivity contribution in [1.82, 2.24) is 0 Å². The maximum atomic E-state index is 12.4. The zero-order chi connectivity index (χ0) is 19.6. The number of nitrogens with zero attached hydrogens (tertiary/aromatic N) is 2. The number of halogens is 1. The third-order valence-electron chi connectivity index (χ3n) is 4.09. The Hall–Kier alpha value is -2.46. The second-order valence-corrected chi connectivity index (χ2v) is 6.30. The molecule has 0 fully saturated rings. The quantitative estimate of drug-likeness (QED) is 0.408. The maximum absolute atomic E-state index is 12.4. The summed E-state index contributed by atoms with van der Waals surface area (Å²) in [4.78, 5) is 36.6. The minimum Gasteiger partial charge on any atom is -0.466 e. The van der Waals surface area contributed by atoms with Gasteiger partial charge in [-0.25, -0.2) is 9.59 Å². The number of rotatable bonds is 4. The van der Waals surface area contributed by atoms with Crippen molar-refractivity contribution in [1.29, 1.82) is 0 Å². The summed E-state index contributed by atoms with van der Waals surface area (Å²) in [6.45, 7) is 3.14. The Balaban J connectivity index is 2.73. The Labute approximate surface area is 157 Å². The molecular formula is C16H17BrN2O7. The molecule has 1 aliphatic rings. The van der Waals surface area contributed by atoms with E-state index in [9.17, 15) is 19.7 Å². The molecule has 0 unspecified atom stereocenters. The predicted molar refractivity (Wildman–Crippen MR) is 94.6 cm³/mol. The van der Waals surface area contributed by atoms with Gasteiger partial charge in [-0.2, -0.15) is 0 Å². The van der Waals surface area contributed by atoms with Gasteiger partial charge in [0.2, 0.25) is 0 Å². The summed E-state index contributed by atoms with van der Waals surface area (Å²) in [5.41, 5.74) is 1.38. The van der Waals surface area contributed by atoms with Crippen LogP contribution in [0.15, 0.2) is 21.8 Å². The number of hydrogen-bond donors (Lipinski definition) is 0. The van der Waals surface area contributed by atoms with Gasteiger partial charge in [-0.05, 0) is 35.3 Å². The molecule has 0 aromatic heterocycles. The van der Waals surface area contributed by atoms with Crippen molar-refractivity contribution in [3.63, 3.8) is 0 Å². The van der Waals surface area contributed by atoms with Crippen molar-refractivity contribution in [3.05, 3.63) is 43.1 Å². The smallest absolute Gasteiger partial charge is 0.355 e. The fraction of sp³-hybridized carbons (Fsp3) is 0.375. The van der Waals surface area contributed by atoms with E-state index in [0.29, 0.717) is 21.3 Å². The van der Waals surface area contributed by atoms with Crippen molar-refractivity contribution in [2.45, 2.75) is 13.8 Å². The summed E-state index contributed by atoms with van der Waals surface area (Å²) in [5.74, 6) is -1.46. The van der Waals surface area contributed by atoms with Crippen LogP contribution < -0.4 is 4.90 Å². The van der Waals surface area contributed by atoms with Crippen LogP contribution in [0.5, 0.6) is 0 Å². The van der Waals surface area contributed by atoms with Gasteiger partial charge in [-0.3, -0.25) is 10.1 Å². The van der Waals surface area contributed by atoms with Gasteiger partial charge in [-0.1, -0.05) is 0 Å². The Bertz CT molecular complexity index is 819. The van der Waals surface area contributed by atoms with Crippen LogP contribution in [0, 0.1) is 24.0 Å². The molecule has 0 spiro atoms. The highest BCUT2D eigenvalue weighted by atomic mass is 79.9. The van der Waals surface area contributed by atoms with Gasteiger partial charge in [0, 0.05) is 16.1 Å². The normalized spacial score (nSPS) is 14.3. The lowest BCUT2D eigenvalue weighted by molar-refractivity contribution is -0.385. The molecule has 1 heterocycles. The van der Waals surface area contributed by atoms with Crippen LogP contribution in [0.25, 0.3) is 0 Å². The van der Waals surface area contributed by atoms with E-state index in [1.54, 1.807) is 13.8 Å². The molecule has 0 saturated heterocycles. The highest BCUT2D eigenvalue weighted by molar-refractivity contribution is 9.10. The van der Waals surface area contributed by atoms with E-state index in [-0.39, 0.29) is 30.3 Å². The average molecular weight is 429 g/mol. The molecule has 140 valence electrons. The van der Waals surface area contributed by atoms with E-state index in [4.69, 9.17) is 14.2 Å². The number of carbonyl (C=O) groups is 2. The summed E-state index contributed by atoms with van der Waals surface area (Å²) in [5, 5.41) is 11.2. The lowest BCUT2D eigenvalue weighted by atomic mass is 10.0. The molecular weight excluding hydrogens is 412 g/mol. The molecule has 2 rings (SSSR count). The first-order chi connectivity index (χ1) is 12.2. The minimum atomic E-state index is -0.740. The van der Waals surface area contributed by atoms with Gasteiger partial charge in [0.1, 0.15) is 12.4 Å². The van der Waals surface area contributed by atoms with Crippen molar-refractivity contribution < 1.29 is 28.7 Å². The van der Waals surface area contributed by atoms with Gasteiger partial charge in [0.15, 0.2) is 0 Å². The number of nitro groups is 1. The molecule has 26 heavy (non-hydrogen) atoms. The number of esters is 2. The van der Waals surface area contributed by atoms with Crippen LogP contribution in [0.1, 0.15) is 11.1 Å². The van der Waals surface area contributed by atoms with E-state index < -0.39 is 16.9 Å². The largest absolute Gasteiger partial charge is 0.466 e. The lowest BCUT2D eigenvalue weighted by Gasteiger charge is -2.33. The molecule has 0 bridgehead atoms. The van der Waals surface area contributed by atoms with Crippen LogP contribution in [0.3, 0.4) is 0 Å². The fourth-order valence-electron chi connectivity index (χ4n) is 2.69. The van der Waals surface area contributed by atoms with E-state index in [1.165, 1.54) is 25.2 Å². The Morgan fingerprint density at radius 3 is 2.38 bits per heavy atom. The molecule has 0 radical (unpaired) electrons. The third kappa shape index (κ3) is 3.42. The van der Waals surface area contributed by atoms with Crippen LogP contribution in [-0.4, -0.2) is 44.4 Å². The van der Waals surface area contributed by atoms with E-state index in [2.05, 4.69) is 15.9 Å². The van der Waals surface area contributed by atoms with Crippen LogP contribution >= 0.6 is 15.9 Å². The Kier molecular flexibility index (Phi) is 5.98. The molecule has 0 N–H and O–H groups in total. The predicted octanol–water partition coefficient (Wildman–Crippen LogP) is 2.37. The number of carbonyl (C=O) groups excluding carboxylic acids is 2. The number of hydrogen-bond acceptors (Lipinski definition) is 8.